The average molecular weight is 285 g/mol. The molecular weight excluding hydrogens is 268 g/mol. The second-order valence-corrected chi connectivity index (χ2v) is 4.59. The fourth-order valence-electron chi connectivity index (χ4n) is 1.23. The van der Waals surface area contributed by atoms with Crippen LogP contribution < -0.4 is 15.4 Å². The summed E-state index contributed by atoms with van der Waals surface area (Å²) in [5.41, 5.74) is 0.566. The van der Waals surface area contributed by atoms with Crippen LogP contribution in [0.15, 0.2) is 24.3 Å². The maximum Gasteiger partial charge on any atom is 0.325 e. The number of amides is 3. The lowest BCUT2D eigenvalue weighted by Crippen LogP contribution is -2.38. The molecule has 0 bridgehead atoms. The van der Waals surface area contributed by atoms with Gasteiger partial charge in [-0.3, -0.25) is 10.1 Å². The largest absolute Gasteiger partial charge is 0.494 e. The zero-order chi connectivity index (χ0) is 14.3. The number of rotatable bonds is 5. The Kier molecular flexibility index (Phi) is 6.15. The maximum atomic E-state index is 11.5. The molecule has 1 atom stereocenters. The number of benzene rings is 1. The number of ether oxygens (including phenoxy) is 1. The first kappa shape index (κ1) is 15.3. The quantitative estimate of drug-likeness (QED) is 0.817. The van der Waals surface area contributed by atoms with Gasteiger partial charge in [0.25, 0.3) is 0 Å². The number of carbonyl (C=O) groups excluding carboxylic acids is 2. The Morgan fingerprint density at radius 1 is 1.32 bits per heavy atom. The molecular formula is C13H17ClN2O3. The van der Waals surface area contributed by atoms with Gasteiger partial charge in [0.05, 0.1) is 6.61 Å². The Hall–Kier alpha value is -1.75. The highest BCUT2D eigenvalue weighted by atomic mass is 35.5. The standard InChI is InChI=1S/C13H17ClN2O3/c1-3-8-19-11-6-4-10(5-7-11)15-13(18)16-12(17)9(2)14/h4-7,9H,3,8H2,1-2H3,(H2,15,16,17,18). The summed E-state index contributed by atoms with van der Waals surface area (Å²) in [4.78, 5) is 22.6. The second kappa shape index (κ2) is 7.63. The summed E-state index contributed by atoms with van der Waals surface area (Å²) < 4.78 is 5.41. The Bertz CT molecular complexity index is 432. The molecule has 1 aromatic rings. The van der Waals surface area contributed by atoms with Crippen LogP contribution in [0.2, 0.25) is 0 Å². The third kappa shape index (κ3) is 5.61. The number of anilines is 1. The molecule has 0 radical (unpaired) electrons. The van der Waals surface area contributed by atoms with Gasteiger partial charge in [-0.2, -0.15) is 0 Å². The number of urea groups is 1. The number of carbonyl (C=O) groups is 2. The molecule has 0 aliphatic heterocycles. The first-order valence-electron chi connectivity index (χ1n) is 6.01. The zero-order valence-corrected chi connectivity index (χ0v) is 11.7. The van der Waals surface area contributed by atoms with Gasteiger partial charge in [0, 0.05) is 5.69 Å². The van der Waals surface area contributed by atoms with Crippen LogP contribution in [0.25, 0.3) is 0 Å². The molecule has 6 heteroatoms. The molecule has 19 heavy (non-hydrogen) atoms. The maximum absolute atomic E-state index is 11.5. The molecule has 0 spiro atoms. The lowest BCUT2D eigenvalue weighted by atomic mass is 10.3. The van der Waals surface area contributed by atoms with Gasteiger partial charge in [-0.05, 0) is 37.6 Å². The minimum Gasteiger partial charge on any atom is -0.494 e. The van der Waals surface area contributed by atoms with E-state index in [1.807, 2.05) is 6.92 Å². The number of halogens is 1. The number of alkyl halides is 1. The lowest BCUT2D eigenvalue weighted by Gasteiger charge is -2.09. The van der Waals surface area contributed by atoms with Crippen molar-refractivity contribution in [3.8, 4) is 5.75 Å². The van der Waals surface area contributed by atoms with E-state index in [0.29, 0.717) is 12.3 Å². The van der Waals surface area contributed by atoms with E-state index in [-0.39, 0.29) is 0 Å². The van der Waals surface area contributed by atoms with Crippen LogP contribution in [-0.4, -0.2) is 23.9 Å². The Morgan fingerprint density at radius 3 is 2.47 bits per heavy atom. The number of hydrogen-bond acceptors (Lipinski definition) is 3. The number of nitrogens with one attached hydrogen (secondary N) is 2. The van der Waals surface area contributed by atoms with Crippen LogP contribution in [0.4, 0.5) is 10.5 Å². The molecule has 0 aromatic heterocycles. The van der Waals surface area contributed by atoms with Crippen molar-refractivity contribution in [2.45, 2.75) is 25.6 Å². The summed E-state index contributed by atoms with van der Waals surface area (Å²) in [6, 6.07) is 6.27. The third-order valence-corrected chi connectivity index (χ3v) is 2.38. The van der Waals surface area contributed by atoms with E-state index in [2.05, 4.69) is 10.6 Å². The van der Waals surface area contributed by atoms with Gasteiger partial charge < -0.3 is 10.1 Å². The topological polar surface area (TPSA) is 67.4 Å². The van der Waals surface area contributed by atoms with Crippen molar-refractivity contribution in [3.63, 3.8) is 0 Å². The van der Waals surface area contributed by atoms with E-state index in [4.69, 9.17) is 16.3 Å². The van der Waals surface area contributed by atoms with Gasteiger partial charge in [0.15, 0.2) is 0 Å². The molecule has 104 valence electrons. The van der Waals surface area contributed by atoms with E-state index in [1.54, 1.807) is 24.3 Å². The Labute approximate surface area is 117 Å². The van der Waals surface area contributed by atoms with E-state index < -0.39 is 17.3 Å². The summed E-state index contributed by atoms with van der Waals surface area (Å²) in [6.07, 6.45) is 0.932. The Morgan fingerprint density at radius 2 is 1.95 bits per heavy atom. The van der Waals surface area contributed by atoms with Gasteiger partial charge in [0.2, 0.25) is 5.91 Å². The average Bonchev–Trinajstić information content (AvgIpc) is 2.37. The summed E-state index contributed by atoms with van der Waals surface area (Å²) >= 11 is 5.54. The molecule has 1 rings (SSSR count). The SMILES string of the molecule is CCCOc1ccc(NC(=O)NC(=O)C(C)Cl)cc1. The van der Waals surface area contributed by atoms with E-state index >= 15 is 0 Å². The Balaban J connectivity index is 2.48. The summed E-state index contributed by atoms with van der Waals surface area (Å²) in [5.74, 6) is 0.195. The predicted molar refractivity (Wildman–Crippen MR) is 74.7 cm³/mol. The van der Waals surface area contributed by atoms with Crippen molar-refractivity contribution in [1.29, 1.82) is 0 Å². The molecule has 1 aromatic carbocycles. The molecule has 0 fully saturated rings. The summed E-state index contributed by atoms with van der Waals surface area (Å²) in [6.45, 7) is 4.16. The number of imide groups is 1. The van der Waals surface area contributed by atoms with Crippen LogP contribution >= 0.6 is 11.6 Å². The molecule has 0 aliphatic rings. The van der Waals surface area contributed by atoms with Crippen LogP contribution in [0.3, 0.4) is 0 Å². The first-order valence-corrected chi connectivity index (χ1v) is 6.45. The highest BCUT2D eigenvalue weighted by Gasteiger charge is 2.12. The van der Waals surface area contributed by atoms with Crippen molar-refractivity contribution < 1.29 is 14.3 Å². The van der Waals surface area contributed by atoms with Crippen molar-refractivity contribution in [2.75, 3.05) is 11.9 Å². The van der Waals surface area contributed by atoms with Gasteiger partial charge in [0.1, 0.15) is 11.1 Å². The summed E-state index contributed by atoms with van der Waals surface area (Å²) in [5, 5.41) is 3.90. The fourth-order valence-corrected chi connectivity index (χ4v) is 1.28. The normalized spacial score (nSPS) is 11.5. The van der Waals surface area contributed by atoms with Crippen LogP contribution in [-0.2, 0) is 4.79 Å². The summed E-state index contributed by atoms with van der Waals surface area (Å²) in [7, 11) is 0. The van der Waals surface area contributed by atoms with Crippen LogP contribution in [0, 0.1) is 0 Å². The van der Waals surface area contributed by atoms with Gasteiger partial charge >= 0.3 is 6.03 Å². The molecule has 2 N–H and O–H groups in total. The molecule has 0 aliphatic carbocycles. The molecule has 3 amide bonds. The lowest BCUT2D eigenvalue weighted by molar-refractivity contribution is -0.119. The highest BCUT2D eigenvalue weighted by molar-refractivity contribution is 6.31. The van der Waals surface area contributed by atoms with Crippen molar-refractivity contribution >= 4 is 29.2 Å². The smallest absolute Gasteiger partial charge is 0.325 e. The molecule has 1 unspecified atom stereocenters. The van der Waals surface area contributed by atoms with Crippen LogP contribution in [0.5, 0.6) is 5.75 Å². The third-order valence-electron chi connectivity index (χ3n) is 2.18. The predicted octanol–water partition coefficient (Wildman–Crippen LogP) is 2.75. The molecule has 0 saturated heterocycles. The minimum atomic E-state index is -0.754. The molecule has 5 nitrogen and oxygen atoms in total. The molecule has 0 saturated carbocycles. The highest BCUT2D eigenvalue weighted by Crippen LogP contribution is 2.15. The zero-order valence-electron chi connectivity index (χ0n) is 10.9. The van der Waals surface area contributed by atoms with Crippen molar-refractivity contribution in [3.05, 3.63) is 24.3 Å². The van der Waals surface area contributed by atoms with Gasteiger partial charge in [-0.15, -0.1) is 11.6 Å². The van der Waals surface area contributed by atoms with Crippen molar-refractivity contribution in [2.24, 2.45) is 0 Å². The van der Waals surface area contributed by atoms with E-state index in [0.717, 1.165) is 12.2 Å². The fraction of sp³-hybridized carbons (Fsp3) is 0.385. The monoisotopic (exact) mass is 284 g/mol. The molecule has 0 heterocycles. The van der Waals surface area contributed by atoms with E-state index in [1.165, 1.54) is 6.92 Å². The minimum absolute atomic E-state index is 0.540. The first-order chi connectivity index (χ1) is 9.02. The van der Waals surface area contributed by atoms with Crippen molar-refractivity contribution in [1.82, 2.24) is 5.32 Å². The van der Waals surface area contributed by atoms with Gasteiger partial charge in [-0.25, -0.2) is 4.79 Å². The van der Waals surface area contributed by atoms with Crippen LogP contribution in [0.1, 0.15) is 20.3 Å². The second-order valence-electron chi connectivity index (χ2n) is 3.93. The van der Waals surface area contributed by atoms with E-state index in [9.17, 15) is 9.59 Å². The van der Waals surface area contributed by atoms with Gasteiger partial charge in [-0.1, -0.05) is 6.92 Å². The number of hydrogen-bond donors (Lipinski definition) is 2.